The Kier molecular flexibility index (Phi) is 12.3. The lowest BCUT2D eigenvalue weighted by atomic mass is 10.0. The fourth-order valence-corrected chi connectivity index (χ4v) is 4.81. The highest BCUT2D eigenvalue weighted by molar-refractivity contribution is 6.06. The van der Waals surface area contributed by atoms with Gasteiger partial charge in [-0.25, -0.2) is 0 Å². The molecule has 1 aliphatic rings. The quantitative estimate of drug-likeness (QED) is 0.255. The number of rotatable bonds is 18. The molecule has 2 heterocycles. The van der Waals surface area contributed by atoms with Crippen molar-refractivity contribution in [2.24, 2.45) is 10.9 Å². The van der Waals surface area contributed by atoms with E-state index >= 15 is 0 Å². The van der Waals surface area contributed by atoms with Crippen LogP contribution >= 0.6 is 0 Å². The van der Waals surface area contributed by atoms with E-state index < -0.39 is 6.10 Å². The molecule has 2 aromatic rings. The minimum absolute atomic E-state index is 0.0554. The van der Waals surface area contributed by atoms with Crippen LogP contribution in [0.4, 0.5) is 5.69 Å². The first-order chi connectivity index (χ1) is 18.8. The number of aromatic hydroxyl groups is 1. The molecule has 0 fully saturated rings. The Hall–Kier alpha value is -2.90. The van der Waals surface area contributed by atoms with E-state index in [0.717, 1.165) is 60.3 Å². The number of ether oxygens (including phenoxy) is 2. The highest BCUT2D eigenvalue weighted by Crippen LogP contribution is 2.28. The summed E-state index contributed by atoms with van der Waals surface area (Å²) in [6, 6.07) is 5.23. The molecular weight excluding hydrogens is 492 g/mol. The maximum Gasteiger partial charge on any atom is 0.165 e. The second-order valence-corrected chi connectivity index (χ2v) is 10.9. The Morgan fingerprint density at radius 2 is 2.00 bits per heavy atom. The summed E-state index contributed by atoms with van der Waals surface area (Å²) >= 11 is 0. The Morgan fingerprint density at radius 3 is 2.74 bits per heavy atom. The van der Waals surface area contributed by atoms with Crippen LogP contribution in [0.25, 0.3) is 11.6 Å². The number of carbonyl (C=O) groups is 1. The van der Waals surface area contributed by atoms with E-state index in [0.29, 0.717) is 37.5 Å². The van der Waals surface area contributed by atoms with E-state index in [9.17, 15) is 15.0 Å². The molecule has 39 heavy (non-hydrogen) atoms. The van der Waals surface area contributed by atoms with E-state index in [1.165, 1.54) is 5.57 Å². The topological polar surface area (TPSA) is 93.3 Å². The first kappa shape index (κ1) is 30.6. The van der Waals surface area contributed by atoms with Crippen molar-refractivity contribution in [1.29, 1.82) is 0 Å². The van der Waals surface area contributed by atoms with Crippen molar-refractivity contribution in [2.75, 3.05) is 13.7 Å². The number of Topliss-reactive ketones (excluding diaryl/α,β-unsaturated/α-hetero) is 1. The fourth-order valence-electron chi connectivity index (χ4n) is 4.81. The van der Waals surface area contributed by atoms with Crippen molar-refractivity contribution in [3.8, 4) is 11.5 Å². The van der Waals surface area contributed by atoms with E-state index in [4.69, 9.17) is 9.47 Å². The number of aliphatic hydroxyl groups is 1. The molecule has 7 nitrogen and oxygen atoms in total. The number of aliphatic imine (C=N–C) groups is 1. The van der Waals surface area contributed by atoms with Crippen LogP contribution in [0.5, 0.6) is 11.5 Å². The minimum atomic E-state index is -0.560. The van der Waals surface area contributed by atoms with Crippen LogP contribution in [-0.4, -0.2) is 46.6 Å². The van der Waals surface area contributed by atoms with Crippen LogP contribution in [-0.2, 0) is 22.7 Å². The molecule has 0 saturated carbocycles. The number of ketones is 1. The van der Waals surface area contributed by atoms with Crippen LogP contribution in [0.15, 0.2) is 29.4 Å². The molecule has 0 radical (unpaired) electrons. The lowest BCUT2D eigenvalue weighted by Crippen LogP contribution is -2.32. The number of phenols is 1. The highest BCUT2D eigenvalue weighted by atomic mass is 16.5. The second-order valence-electron chi connectivity index (χ2n) is 10.9. The normalized spacial score (nSPS) is 13.9. The number of nitrogens with zero attached hydrogens (tertiary/aromatic N) is 2. The van der Waals surface area contributed by atoms with Crippen molar-refractivity contribution >= 4 is 29.3 Å². The fraction of sp³-hybridized carbons (Fsp3) is 0.562. The second kappa shape index (κ2) is 15.6. The number of unbranched alkanes of at least 4 members (excludes halogenated alkanes) is 2. The van der Waals surface area contributed by atoms with Gasteiger partial charge in [-0.3, -0.25) is 9.79 Å². The average Bonchev–Trinajstić information content (AvgIpc) is 3.45. The molecule has 1 aromatic carbocycles. The molecule has 0 spiro atoms. The SMILES string of the molecule is CCCCCC(O)CC(=O)CCc1ccc(O)c(OCn2cc3c(c2=CCC(C)C)=C(CCCOC)C=N3)c1. The third-order valence-electron chi connectivity index (χ3n) is 7.04. The molecule has 1 unspecified atom stereocenters. The molecule has 1 aromatic heterocycles. The van der Waals surface area contributed by atoms with Gasteiger partial charge in [-0.05, 0) is 61.3 Å². The molecule has 0 saturated heterocycles. The number of carbonyl (C=O) groups excluding carboxylic acids is 1. The third kappa shape index (κ3) is 9.36. The van der Waals surface area contributed by atoms with Gasteiger partial charge in [0.1, 0.15) is 5.78 Å². The van der Waals surface area contributed by atoms with E-state index in [-0.39, 0.29) is 24.7 Å². The lowest BCUT2D eigenvalue weighted by Gasteiger charge is -2.12. The van der Waals surface area contributed by atoms with Gasteiger partial charge in [-0.1, -0.05) is 52.2 Å². The maximum absolute atomic E-state index is 12.4. The summed E-state index contributed by atoms with van der Waals surface area (Å²) in [6.07, 6.45) is 13.3. The van der Waals surface area contributed by atoms with Crippen LogP contribution in [0.2, 0.25) is 0 Å². The molecule has 3 rings (SSSR count). The zero-order chi connectivity index (χ0) is 28.2. The Morgan fingerprint density at radius 1 is 1.18 bits per heavy atom. The van der Waals surface area contributed by atoms with Gasteiger partial charge < -0.3 is 24.3 Å². The summed E-state index contributed by atoms with van der Waals surface area (Å²) < 4.78 is 13.4. The Balaban J connectivity index is 1.69. The molecule has 7 heteroatoms. The molecule has 1 atom stereocenters. The monoisotopic (exact) mass is 538 g/mol. The van der Waals surface area contributed by atoms with Gasteiger partial charge in [0, 0.05) is 49.5 Å². The highest BCUT2D eigenvalue weighted by Gasteiger charge is 2.15. The van der Waals surface area contributed by atoms with Gasteiger partial charge in [0.05, 0.1) is 11.8 Å². The summed E-state index contributed by atoms with van der Waals surface area (Å²) in [7, 11) is 1.72. The summed E-state index contributed by atoms with van der Waals surface area (Å²) in [5.41, 5.74) is 3.06. The molecule has 214 valence electrons. The first-order valence-corrected chi connectivity index (χ1v) is 14.4. The zero-order valence-corrected chi connectivity index (χ0v) is 24.1. The number of fused-ring (bicyclic) bond motifs is 1. The molecule has 0 bridgehead atoms. The van der Waals surface area contributed by atoms with E-state index in [1.54, 1.807) is 19.2 Å². The van der Waals surface area contributed by atoms with Crippen molar-refractivity contribution in [2.45, 2.75) is 97.8 Å². The largest absolute Gasteiger partial charge is 0.504 e. The number of hydrogen-bond donors (Lipinski definition) is 2. The summed E-state index contributed by atoms with van der Waals surface area (Å²) in [6.45, 7) is 7.46. The predicted molar refractivity (Wildman–Crippen MR) is 157 cm³/mol. The van der Waals surface area contributed by atoms with Crippen molar-refractivity contribution in [3.63, 3.8) is 0 Å². The van der Waals surface area contributed by atoms with Gasteiger partial charge >= 0.3 is 0 Å². The number of aryl methyl sites for hydroxylation is 1. The van der Waals surface area contributed by atoms with Crippen LogP contribution in [0.1, 0.15) is 84.1 Å². The third-order valence-corrected chi connectivity index (χ3v) is 7.04. The van der Waals surface area contributed by atoms with Crippen molar-refractivity contribution in [1.82, 2.24) is 4.57 Å². The minimum Gasteiger partial charge on any atom is -0.504 e. The smallest absolute Gasteiger partial charge is 0.165 e. The standard InChI is InChI=1S/C32H46N2O5/c1-5-6-7-10-26(35)19-27(36)14-12-24-13-16-30(37)31(18-24)39-22-34-21-28-32(29(34)15-11-23(2)3)25(20-33-28)9-8-17-38-4/h13,15-16,18,20-21,23,26,35,37H,5-12,14,17,19,22H2,1-4H3. The lowest BCUT2D eigenvalue weighted by molar-refractivity contribution is -0.121. The van der Waals surface area contributed by atoms with E-state index in [1.807, 2.05) is 18.5 Å². The molecule has 2 N–H and O–H groups in total. The Bertz CT molecular complexity index is 1230. The predicted octanol–water partition coefficient (Wildman–Crippen LogP) is 5.18. The van der Waals surface area contributed by atoms with Crippen LogP contribution in [0.3, 0.4) is 0 Å². The van der Waals surface area contributed by atoms with Crippen molar-refractivity contribution < 1.29 is 24.5 Å². The number of benzene rings is 1. The van der Waals surface area contributed by atoms with Crippen LogP contribution in [0, 0.1) is 5.92 Å². The number of hydrogen-bond acceptors (Lipinski definition) is 6. The van der Waals surface area contributed by atoms with Gasteiger partial charge in [-0.2, -0.15) is 0 Å². The van der Waals surface area contributed by atoms with Crippen molar-refractivity contribution in [3.05, 3.63) is 40.5 Å². The van der Waals surface area contributed by atoms with Gasteiger partial charge in [0.2, 0.25) is 0 Å². The maximum atomic E-state index is 12.4. The number of aromatic nitrogens is 1. The molecule has 0 aliphatic carbocycles. The van der Waals surface area contributed by atoms with Gasteiger partial charge in [-0.15, -0.1) is 0 Å². The summed E-state index contributed by atoms with van der Waals surface area (Å²) in [5.74, 6) is 1.02. The number of methoxy groups -OCH3 is 1. The molecule has 1 aliphatic heterocycles. The first-order valence-electron chi connectivity index (χ1n) is 14.4. The number of phenolic OH excluding ortho intramolecular Hbond substituents is 1. The Labute approximate surface area is 232 Å². The molecular formula is C32H46N2O5. The molecule has 0 amide bonds. The van der Waals surface area contributed by atoms with E-state index in [2.05, 4.69) is 36.4 Å². The average molecular weight is 539 g/mol. The van der Waals surface area contributed by atoms with Gasteiger partial charge in [0.15, 0.2) is 18.2 Å². The van der Waals surface area contributed by atoms with Gasteiger partial charge in [0.25, 0.3) is 0 Å². The number of aliphatic hydroxyl groups excluding tert-OH is 1. The van der Waals surface area contributed by atoms with Crippen LogP contribution < -0.4 is 15.3 Å². The zero-order valence-electron chi connectivity index (χ0n) is 24.1. The summed E-state index contributed by atoms with van der Waals surface area (Å²) in [4.78, 5) is 17.0. The summed E-state index contributed by atoms with van der Waals surface area (Å²) in [5, 5.41) is 22.8.